The molecule has 16 heteroatoms. The number of amides is 3. The quantitative estimate of drug-likeness (QED) is 0.155. The van der Waals surface area contributed by atoms with Gasteiger partial charge in [-0.1, -0.05) is 0 Å². The summed E-state index contributed by atoms with van der Waals surface area (Å²) in [7, 11) is 0. The van der Waals surface area contributed by atoms with Crippen LogP contribution in [0.1, 0.15) is 17.5 Å². The highest BCUT2D eigenvalue weighted by Crippen LogP contribution is 2.13. The topological polar surface area (TPSA) is 216 Å². The molecule has 3 amide bonds. The molecule has 0 saturated carbocycles. The third-order valence-corrected chi connectivity index (χ3v) is 5.28. The van der Waals surface area contributed by atoms with Gasteiger partial charge in [0.1, 0.15) is 19.8 Å². The van der Waals surface area contributed by atoms with Crippen LogP contribution in [0.5, 0.6) is 0 Å². The minimum Gasteiger partial charge on any atom is -0.444 e. The molecule has 0 spiro atoms. The number of benzene rings is 2. The molecule has 2 aromatic rings. The first-order valence-electron chi connectivity index (χ1n) is 11.6. The van der Waals surface area contributed by atoms with Crippen molar-refractivity contribution in [3.63, 3.8) is 0 Å². The molecule has 1 heterocycles. The molecule has 0 bridgehead atoms. The molecule has 3 rings (SSSR count). The molecule has 206 valence electrons. The number of aliphatic imine (C=N–C) groups is 1. The number of hydrogen-bond donors (Lipinski definition) is 4. The summed E-state index contributed by atoms with van der Waals surface area (Å²) in [5.74, 6) is -0.861. The number of carbonyl (C=O) groups excluding carboxylic acids is 3. The van der Waals surface area contributed by atoms with Gasteiger partial charge < -0.3 is 20.1 Å². The second-order valence-electron chi connectivity index (χ2n) is 8.17. The maximum absolute atomic E-state index is 12.3. The van der Waals surface area contributed by atoms with E-state index in [4.69, 9.17) is 9.47 Å². The highest BCUT2D eigenvalue weighted by atomic mass is 16.6. The molecule has 0 aliphatic carbocycles. The summed E-state index contributed by atoms with van der Waals surface area (Å²) in [4.78, 5) is 61.1. The first-order valence-corrected chi connectivity index (χ1v) is 11.6. The zero-order chi connectivity index (χ0) is 28.2. The van der Waals surface area contributed by atoms with E-state index in [0.717, 1.165) is 13.0 Å². The highest BCUT2D eigenvalue weighted by Gasteiger charge is 2.18. The van der Waals surface area contributed by atoms with E-state index >= 15 is 0 Å². The smallest absolute Gasteiger partial charge is 0.414 e. The fourth-order valence-corrected chi connectivity index (χ4v) is 3.30. The fraction of sp³-hybridized carbons (Fsp3) is 0.304. The van der Waals surface area contributed by atoms with Crippen molar-refractivity contribution in [3.8, 4) is 0 Å². The zero-order valence-electron chi connectivity index (χ0n) is 20.5. The molecule has 1 aliphatic heterocycles. The van der Waals surface area contributed by atoms with Crippen LogP contribution in [0.25, 0.3) is 0 Å². The Labute approximate surface area is 221 Å². The van der Waals surface area contributed by atoms with E-state index in [2.05, 4.69) is 26.3 Å². The van der Waals surface area contributed by atoms with Crippen LogP contribution in [0, 0.1) is 20.2 Å². The molecule has 2 aromatic carbocycles. The summed E-state index contributed by atoms with van der Waals surface area (Å²) in [6.45, 7) is 0.483. The molecule has 0 radical (unpaired) electrons. The summed E-state index contributed by atoms with van der Waals surface area (Å²) in [5.41, 5.74) is 0.685. The normalized spacial score (nSPS) is 14.0. The van der Waals surface area contributed by atoms with Gasteiger partial charge in [-0.3, -0.25) is 35.7 Å². The second kappa shape index (κ2) is 14.0. The van der Waals surface area contributed by atoms with Gasteiger partial charge in [0, 0.05) is 36.9 Å². The number of alkyl carbamates (subject to hydrolysis) is 2. The van der Waals surface area contributed by atoms with Crippen molar-refractivity contribution >= 4 is 35.4 Å². The Kier molecular flexibility index (Phi) is 10.2. The van der Waals surface area contributed by atoms with Gasteiger partial charge in [-0.25, -0.2) is 14.6 Å². The maximum atomic E-state index is 12.3. The van der Waals surface area contributed by atoms with Crippen molar-refractivity contribution in [2.24, 2.45) is 4.99 Å². The van der Waals surface area contributed by atoms with E-state index in [-0.39, 0.29) is 30.6 Å². The molecule has 39 heavy (non-hydrogen) atoms. The van der Waals surface area contributed by atoms with Gasteiger partial charge >= 0.3 is 12.2 Å². The molecule has 1 saturated heterocycles. The molecule has 0 unspecified atom stereocenters. The average Bonchev–Trinajstić information content (AvgIpc) is 3.43. The number of nitro benzene ring substituents is 2. The third-order valence-electron chi connectivity index (χ3n) is 5.28. The van der Waals surface area contributed by atoms with Crippen molar-refractivity contribution in [1.82, 2.24) is 21.3 Å². The molecule has 1 fully saturated rings. The van der Waals surface area contributed by atoms with Gasteiger partial charge in [0.2, 0.25) is 11.9 Å². The van der Waals surface area contributed by atoms with Crippen LogP contribution in [0.3, 0.4) is 0 Å². The molecule has 1 atom stereocenters. The summed E-state index contributed by atoms with van der Waals surface area (Å²) in [5, 5.41) is 31.8. The number of nitrogens with one attached hydrogen (secondary N) is 4. The van der Waals surface area contributed by atoms with Crippen molar-refractivity contribution in [2.75, 3.05) is 19.6 Å². The minimum absolute atomic E-state index is 0.0598. The molecular weight excluding hydrogens is 518 g/mol. The number of nitro groups is 2. The van der Waals surface area contributed by atoms with E-state index in [0.29, 0.717) is 17.7 Å². The van der Waals surface area contributed by atoms with E-state index in [9.17, 15) is 34.6 Å². The van der Waals surface area contributed by atoms with E-state index in [1.54, 1.807) is 0 Å². The Morgan fingerprint density at radius 2 is 1.36 bits per heavy atom. The Balaban J connectivity index is 1.56. The van der Waals surface area contributed by atoms with Crippen molar-refractivity contribution in [3.05, 3.63) is 79.9 Å². The summed E-state index contributed by atoms with van der Waals surface area (Å²) in [6.07, 6.45) is -1.30. The van der Waals surface area contributed by atoms with Gasteiger partial charge in [-0.05, 0) is 48.4 Å². The van der Waals surface area contributed by atoms with Crippen molar-refractivity contribution in [1.29, 1.82) is 0 Å². The van der Waals surface area contributed by atoms with Crippen LogP contribution in [0.15, 0.2) is 53.5 Å². The van der Waals surface area contributed by atoms with Crippen molar-refractivity contribution in [2.45, 2.75) is 25.7 Å². The van der Waals surface area contributed by atoms with E-state index < -0.39 is 40.4 Å². The number of non-ortho nitro benzene ring substituents is 2. The van der Waals surface area contributed by atoms with Gasteiger partial charge in [-0.15, -0.1) is 0 Å². The molecule has 4 N–H and O–H groups in total. The Morgan fingerprint density at radius 1 is 0.872 bits per heavy atom. The largest absolute Gasteiger partial charge is 0.444 e. The molecule has 16 nitrogen and oxygen atoms in total. The number of guanidine groups is 1. The van der Waals surface area contributed by atoms with Crippen LogP contribution in [0.2, 0.25) is 0 Å². The standard InChI is InChI=1S/C23H25N7O9/c31-20(26-17-9-10-24-11-17)12-25-21(27-22(32)38-13-15-1-5-18(6-2-15)29(34)35)28-23(33)39-14-16-3-7-19(8-4-16)30(36)37/h1-8,17,24H,9-14H2,(H,26,31)(H2,25,27,28,32,33)/t17-/m0/s1. The summed E-state index contributed by atoms with van der Waals surface area (Å²) < 4.78 is 10.1. The molecule has 1 aliphatic rings. The predicted octanol–water partition coefficient (Wildman–Crippen LogP) is 1.49. The molecular formula is C23H25N7O9. The monoisotopic (exact) mass is 543 g/mol. The number of hydrogen-bond acceptors (Lipinski definition) is 11. The first-order chi connectivity index (χ1) is 18.7. The van der Waals surface area contributed by atoms with Crippen molar-refractivity contribution < 1.29 is 33.7 Å². The van der Waals surface area contributed by atoms with Crippen LogP contribution < -0.4 is 21.3 Å². The zero-order valence-corrected chi connectivity index (χ0v) is 20.5. The first kappa shape index (κ1) is 28.5. The lowest BCUT2D eigenvalue weighted by Crippen LogP contribution is -2.45. The fourth-order valence-electron chi connectivity index (χ4n) is 3.30. The van der Waals surface area contributed by atoms with E-state index in [1.165, 1.54) is 48.5 Å². The lowest BCUT2D eigenvalue weighted by Gasteiger charge is -2.13. The van der Waals surface area contributed by atoms with Gasteiger partial charge in [0.05, 0.1) is 9.85 Å². The lowest BCUT2D eigenvalue weighted by molar-refractivity contribution is -0.385. The van der Waals surface area contributed by atoms with Crippen LogP contribution in [-0.4, -0.2) is 59.6 Å². The Bertz CT molecular complexity index is 1150. The average molecular weight is 543 g/mol. The number of ether oxygens (including phenoxy) is 2. The Morgan fingerprint density at radius 3 is 1.77 bits per heavy atom. The summed E-state index contributed by atoms with van der Waals surface area (Å²) >= 11 is 0. The predicted molar refractivity (Wildman–Crippen MR) is 135 cm³/mol. The SMILES string of the molecule is O=C(CN=C(NC(=O)OCc1ccc([N+](=O)[O-])cc1)NC(=O)OCc1ccc([N+](=O)[O-])cc1)N[C@H]1CCNC1. The minimum atomic E-state index is -1.02. The van der Waals surface area contributed by atoms with Gasteiger partial charge in [-0.2, -0.15) is 0 Å². The summed E-state index contributed by atoms with van der Waals surface area (Å²) in [6, 6.07) is 10.6. The lowest BCUT2D eigenvalue weighted by atomic mass is 10.2. The number of carbonyl (C=O) groups is 3. The molecule has 0 aromatic heterocycles. The maximum Gasteiger partial charge on any atom is 0.414 e. The van der Waals surface area contributed by atoms with Crippen LogP contribution in [0.4, 0.5) is 21.0 Å². The highest BCUT2D eigenvalue weighted by molar-refractivity contribution is 6.02. The third kappa shape index (κ3) is 9.69. The van der Waals surface area contributed by atoms with Crippen LogP contribution >= 0.6 is 0 Å². The number of nitrogens with zero attached hydrogens (tertiary/aromatic N) is 3. The van der Waals surface area contributed by atoms with E-state index in [1.807, 2.05) is 0 Å². The Hall–Kier alpha value is -5.12. The van der Waals surface area contributed by atoms with Gasteiger partial charge in [0.25, 0.3) is 11.4 Å². The van der Waals surface area contributed by atoms with Crippen LogP contribution in [-0.2, 0) is 27.5 Å². The number of rotatable bonds is 9. The van der Waals surface area contributed by atoms with Gasteiger partial charge in [0.15, 0.2) is 0 Å². The second-order valence-corrected chi connectivity index (χ2v) is 8.17.